The summed E-state index contributed by atoms with van der Waals surface area (Å²) in [6.45, 7) is 5.16. The summed E-state index contributed by atoms with van der Waals surface area (Å²) < 4.78 is 14.7. The number of carbonyl (C=O) groups excluding carboxylic acids is 1. The van der Waals surface area contributed by atoms with E-state index in [4.69, 9.17) is 0 Å². The number of nitrogens with one attached hydrogen (secondary N) is 4. The number of nitrogens with zero attached hydrogens (tertiary/aromatic N) is 4. The van der Waals surface area contributed by atoms with Crippen LogP contribution in [-0.2, 0) is 18.4 Å². The van der Waals surface area contributed by atoms with Crippen molar-refractivity contribution in [3.63, 3.8) is 0 Å². The monoisotopic (exact) mass is 486 g/mol. The highest BCUT2D eigenvalue weighted by atomic mass is 19.1. The van der Waals surface area contributed by atoms with Crippen LogP contribution in [0.1, 0.15) is 53.9 Å². The van der Waals surface area contributed by atoms with Gasteiger partial charge in [0.15, 0.2) is 11.6 Å². The first-order valence-electron chi connectivity index (χ1n) is 11.9. The molecule has 0 bridgehead atoms. The molecule has 0 atom stereocenters. The molecule has 5 rings (SSSR count). The van der Waals surface area contributed by atoms with Crippen molar-refractivity contribution in [2.75, 3.05) is 17.2 Å². The molecule has 1 aliphatic heterocycles. The van der Waals surface area contributed by atoms with Crippen molar-refractivity contribution in [2.45, 2.75) is 51.1 Å². The summed E-state index contributed by atoms with van der Waals surface area (Å²) in [5.41, 5.74) is 2.98. The van der Waals surface area contributed by atoms with Gasteiger partial charge in [-0.1, -0.05) is 6.07 Å². The summed E-state index contributed by atoms with van der Waals surface area (Å²) >= 11 is 0. The smallest absolute Gasteiger partial charge is 0.256 e. The average molecular weight is 487 g/mol. The van der Waals surface area contributed by atoms with Crippen LogP contribution < -0.4 is 21.3 Å². The molecular formula is C26H27FN8O. The molecule has 36 heavy (non-hydrogen) atoms. The van der Waals surface area contributed by atoms with Crippen LogP contribution >= 0.6 is 0 Å². The highest BCUT2D eigenvalue weighted by Gasteiger charge is 2.27. The number of benzene rings is 1. The lowest BCUT2D eigenvalue weighted by atomic mass is 9.91. The second-order valence-electron chi connectivity index (χ2n) is 9.63. The second kappa shape index (κ2) is 9.51. The van der Waals surface area contributed by atoms with Crippen molar-refractivity contribution in [3.05, 3.63) is 64.7 Å². The molecule has 2 aromatic heterocycles. The minimum Gasteiger partial charge on any atom is -0.349 e. The van der Waals surface area contributed by atoms with E-state index in [0.717, 1.165) is 38.0 Å². The molecule has 0 radical (unpaired) electrons. The molecule has 0 unspecified atom stereocenters. The van der Waals surface area contributed by atoms with E-state index in [1.54, 1.807) is 13.8 Å². The molecule has 4 N–H and O–H groups in total. The fourth-order valence-corrected chi connectivity index (χ4v) is 3.93. The second-order valence-corrected chi connectivity index (χ2v) is 9.63. The van der Waals surface area contributed by atoms with Crippen molar-refractivity contribution in [1.29, 1.82) is 5.26 Å². The fourth-order valence-electron chi connectivity index (χ4n) is 3.93. The zero-order valence-electron chi connectivity index (χ0n) is 20.2. The SMILES string of the molecule is CC(C)(C#N)c1ccc(F)c(Nc2nc(Nc3ccc4c(c3)CCNC4)ncc2C(=O)NC2CC2)n1. The number of fused-ring (bicyclic) bond motifs is 1. The lowest BCUT2D eigenvalue weighted by Crippen LogP contribution is -2.27. The Labute approximate surface area is 208 Å². The maximum Gasteiger partial charge on any atom is 0.256 e. The maximum absolute atomic E-state index is 14.7. The van der Waals surface area contributed by atoms with Gasteiger partial charge in [0.05, 0.1) is 17.2 Å². The maximum atomic E-state index is 14.7. The third kappa shape index (κ3) is 5.11. The number of hydrogen-bond donors (Lipinski definition) is 4. The van der Waals surface area contributed by atoms with E-state index in [1.807, 2.05) is 6.07 Å². The van der Waals surface area contributed by atoms with Gasteiger partial charge in [-0.25, -0.2) is 14.4 Å². The molecule has 3 aromatic rings. The minimum atomic E-state index is -0.920. The first kappa shape index (κ1) is 23.6. The number of amides is 1. The Morgan fingerprint density at radius 3 is 2.75 bits per heavy atom. The minimum absolute atomic E-state index is 0.117. The number of halogens is 1. The highest BCUT2D eigenvalue weighted by Crippen LogP contribution is 2.28. The molecular weight excluding hydrogens is 459 g/mol. The van der Waals surface area contributed by atoms with E-state index in [0.29, 0.717) is 5.69 Å². The van der Waals surface area contributed by atoms with Gasteiger partial charge in [-0.05, 0) is 75.0 Å². The topological polar surface area (TPSA) is 128 Å². The predicted octanol–water partition coefficient (Wildman–Crippen LogP) is 3.84. The van der Waals surface area contributed by atoms with Gasteiger partial charge in [-0.3, -0.25) is 4.79 Å². The van der Waals surface area contributed by atoms with Gasteiger partial charge in [-0.15, -0.1) is 0 Å². The zero-order chi connectivity index (χ0) is 25.3. The molecule has 1 saturated carbocycles. The molecule has 1 aromatic carbocycles. The van der Waals surface area contributed by atoms with Crippen molar-refractivity contribution < 1.29 is 9.18 Å². The third-order valence-corrected chi connectivity index (χ3v) is 6.30. The van der Waals surface area contributed by atoms with Gasteiger partial charge in [-0.2, -0.15) is 10.2 Å². The van der Waals surface area contributed by atoms with Gasteiger partial charge in [0.25, 0.3) is 5.91 Å². The van der Waals surface area contributed by atoms with Crippen molar-refractivity contribution in [1.82, 2.24) is 25.6 Å². The van der Waals surface area contributed by atoms with Gasteiger partial charge in [0, 0.05) is 24.5 Å². The normalized spacial score (nSPS) is 14.9. The number of aromatic nitrogens is 3. The van der Waals surface area contributed by atoms with Crippen LogP contribution in [0.15, 0.2) is 36.5 Å². The highest BCUT2D eigenvalue weighted by molar-refractivity contribution is 5.99. The van der Waals surface area contributed by atoms with Gasteiger partial charge < -0.3 is 21.3 Å². The molecule has 2 aliphatic rings. The Morgan fingerprint density at radius 1 is 1.14 bits per heavy atom. The van der Waals surface area contributed by atoms with Gasteiger partial charge in [0.2, 0.25) is 5.95 Å². The molecule has 1 fully saturated rings. The number of anilines is 4. The molecule has 0 spiro atoms. The lowest BCUT2D eigenvalue weighted by molar-refractivity contribution is 0.0951. The average Bonchev–Trinajstić information content (AvgIpc) is 3.69. The number of pyridine rings is 1. The Kier molecular flexibility index (Phi) is 6.24. The lowest BCUT2D eigenvalue weighted by Gasteiger charge is -2.19. The van der Waals surface area contributed by atoms with Crippen LogP contribution in [0.2, 0.25) is 0 Å². The zero-order valence-corrected chi connectivity index (χ0v) is 20.2. The van der Waals surface area contributed by atoms with Crippen molar-refractivity contribution in [3.8, 4) is 6.07 Å². The summed E-state index contributed by atoms with van der Waals surface area (Å²) in [5, 5.41) is 21.8. The largest absolute Gasteiger partial charge is 0.349 e. The quantitative estimate of drug-likeness (QED) is 0.397. The van der Waals surface area contributed by atoms with E-state index in [-0.39, 0.29) is 35.1 Å². The summed E-state index contributed by atoms with van der Waals surface area (Å²) in [6, 6.07) is 11.1. The molecule has 3 heterocycles. The molecule has 1 aliphatic carbocycles. The Balaban J connectivity index is 1.47. The third-order valence-electron chi connectivity index (χ3n) is 6.30. The van der Waals surface area contributed by atoms with Gasteiger partial charge >= 0.3 is 0 Å². The van der Waals surface area contributed by atoms with Crippen LogP contribution in [0.4, 0.5) is 27.7 Å². The van der Waals surface area contributed by atoms with Crippen LogP contribution in [0.5, 0.6) is 0 Å². The number of hydrogen-bond acceptors (Lipinski definition) is 8. The Hall–Kier alpha value is -4.10. The van der Waals surface area contributed by atoms with Gasteiger partial charge in [0.1, 0.15) is 11.4 Å². The van der Waals surface area contributed by atoms with Crippen LogP contribution in [0, 0.1) is 17.1 Å². The molecule has 184 valence electrons. The van der Waals surface area contributed by atoms with E-state index in [2.05, 4.69) is 54.4 Å². The molecule has 1 amide bonds. The van der Waals surface area contributed by atoms with Crippen LogP contribution in [0.25, 0.3) is 0 Å². The number of rotatable bonds is 7. The van der Waals surface area contributed by atoms with E-state index < -0.39 is 11.2 Å². The van der Waals surface area contributed by atoms with E-state index >= 15 is 0 Å². The number of nitriles is 1. The Bertz CT molecular complexity index is 1360. The standard InChI is InChI=1S/C26H27FN8O/c1-26(2,14-28)21-8-7-20(27)23(33-21)34-22-19(24(36)31-17-5-6-17)13-30-25(35-22)32-18-4-3-16-12-29-10-9-15(16)11-18/h3-4,7-8,11,13,17,29H,5-6,9-10,12H2,1-2H3,(H,31,36)(H2,30,32,33,34,35). The first-order valence-corrected chi connectivity index (χ1v) is 11.9. The van der Waals surface area contributed by atoms with Crippen molar-refractivity contribution >= 4 is 29.2 Å². The van der Waals surface area contributed by atoms with E-state index in [9.17, 15) is 14.4 Å². The Morgan fingerprint density at radius 2 is 1.97 bits per heavy atom. The van der Waals surface area contributed by atoms with Crippen LogP contribution in [0.3, 0.4) is 0 Å². The number of carbonyl (C=O) groups is 1. The molecule has 0 saturated heterocycles. The molecule has 10 heteroatoms. The predicted molar refractivity (Wildman–Crippen MR) is 134 cm³/mol. The van der Waals surface area contributed by atoms with Crippen LogP contribution in [-0.4, -0.2) is 33.4 Å². The first-order chi connectivity index (χ1) is 17.3. The summed E-state index contributed by atoms with van der Waals surface area (Å²) in [4.78, 5) is 26.0. The fraction of sp³-hybridized carbons (Fsp3) is 0.346. The van der Waals surface area contributed by atoms with Crippen molar-refractivity contribution in [2.24, 2.45) is 0 Å². The summed E-state index contributed by atoms with van der Waals surface area (Å²) in [7, 11) is 0. The summed E-state index contributed by atoms with van der Waals surface area (Å²) in [6.07, 6.45) is 4.19. The molecule has 9 nitrogen and oxygen atoms in total. The summed E-state index contributed by atoms with van der Waals surface area (Å²) in [5.74, 6) is -0.726. The van der Waals surface area contributed by atoms with E-state index in [1.165, 1.54) is 29.5 Å².